The quantitative estimate of drug-likeness (QED) is 0.765. The Bertz CT molecular complexity index is 535. The van der Waals surface area contributed by atoms with E-state index in [1.807, 2.05) is 13.8 Å². The van der Waals surface area contributed by atoms with E-state index < -0.39 is 0 Å². The third kappa shape index (κ3) is 5.72. The molecule has 0 spiro atoms. The molecule has 1 amide bonds. The Morgan fingerprint density at radius 2 is 2.00 bits per heavy atom. The van der Waals surface area contributed by atoms with E-state index in [1.165, 1.54) is 0 Å². The summed E-state index contributed by atoms with van der Waals surface area (Å²) in [7, 11) is 0. The maximum Gasteiger partial charge on any atom is 0.251 e. The number of halogens is 2. The number of hydrogen-bond donors (Lipinski definition) is 2. The van der Waals surface area contributed by atoms with Crippen molar-refractivity contribution in [3.63, 3.8) is 0 Å². The van der Waals surface area contributed by atoms with Crippen molar-refractivity contribution in [2.24, 2.45) is 0 Å². The molecule has 0 aliphatic carbocycles. The van der Waals surface area contributed by atoms with Crippen LogP contribution in [-0.4, -0.2) is 38.3 Å². The van der Waals surface area contributed by atoms with E-state index in [-0.39, 0.29) is 24.4 Å². The molecular formula is C17H26Cl2N2O3. The predicted octanol–water partition coefficient (Wildman–Crippen LogP) is 3.43. The maximum atomic E-state index is 12.5. The summed E-state index contributed by atoms with van der Waals surface area (Å²) in [6, 6.07) is 3.55. The molecule has 0 unspecified atom stereocenters. The molecule has 1 aromatic carbocycles. The average molecular weight is 377 g/mol. The molecule has 1 fully saturated rings. The van der Waals surface area contributed by atoms with Crippen LogP contribution in [0.5, 0.6) is 11.5 Å². The van der Waals surface area contributed by atoms with Crippen LogP contribution in [0, 0.1) is 0 Å². The predicted molar refractivity (Wildman–Crippen MR) is 99.0 cm³/mol. The smallest absolute Gasteiger partial charge is 0.251 e. The van der Waals surface area contributed by atoms with Gasteiger partial charge in [0.1, 0.15) is 0 Å². The molecule has 1 heterocycles. The van der Waals surface area contributed by atoms with Gasteiger partial charge in [-0.1, -0.05) is 18.5 Å². The lowest BCUT2D eigenvalue weighted by molar-refractivity contribution is 0.0929. The molecule has 0 saturated carbocycles. The van der Waals surface area contributed by atoms with Gasteiger partial charge in [0.05, 0.1) is 18.2 Å². The van der Waals surface area contributed by atoms with Crippen LogP contribution in [-0.2, 0) is 0 Å². The number of rotatable bonds is 7. The van der Waals surface area contributed by atoms with Gasteiger partial charge in [-0.2, -0.15) is 0 Å². The van der Waals surface area contributed by atoms with Crippen LogP contribution >= 0.6 is 24.0 Å². The second-order valence-corrected chi connectivity index (χ2v) is 5.97. The minimum absolute atomic E-state index is 0. The van der Waals surface area contributed by atoms with Crippen LogP contribution in [0.1, 0.15) is 43.5 Å². The number of piperidine rings is 1. The highest BCUT2D eigenvalue weighted by Crippen LogP contribution is 2.36. The minimum Gasteiger partial charge on any atom is -0.490 e. The molecule has 1 saturated heterocycles. The van der Waals surface area contributed by atoms with Crippen molar-refractivity contribution in [2.45, 2.75) is 39.2 Å². The number of benzene rings is 1. The van der Waals surface area contributed by atoms with Crippen LogP contribution in [0.2, 0.25) is 5.02 Å². The molecule has 0 radical (unpaired) electrons. The van der Waals surface area contributed by atoms with Gasteiger partial charge in [-0.05, 0) is 51.4 Å². The monoisotopic (exact) mass is 376 g/mol. The summed E-state index contributed by atoms with van der Waals surface area (Å²) in [6.07, 6.45) is 2.75. The Morgan fingerprint density at radius 1 is 1.29 bits per heavy atom. The van der Waals surface area contributed by atoms with Crippen molar-refractivity contribution in [1.29, 1.82) is 0 Å². The molecular weight excluding hydrogens is 351 g/mol. The first-order valence-electron chi connectivity index (χ1n) is 8.26. The zero-order valence-electron chi connectivity index (χ0n) is 14.2. The molecule has 1 aliphatic heterocycles. The van der Waals surface area contributed by atoms with E-state index in [0.29, 0.717) is 35.3 Å². The van der Waals surface area contributed by atoms with Crippen molar-refractivity contribution in [1.82, 2.24) is 10.6 Å². The van der Waals surface area contributed by atoms with E-state index in [4.69, 9.17) is 21.1 Å². The fourth-order valence-electron chi connectivity index (χ4n) is 2.54. The van der Waals surface area contributed by atoms with Gasteiger partial charge in [-0.3, -0.25) is 4.79 Å². The molecule has 24 heavy (non-hydrogen) atoms. The van der Waals surface area contributed by atoms with Crippen LogP contribution in [0.25, 0.3) is 0 Å². The lowest BCUT2D eigenvalue weighted by atomic mass is 10.1. The largest absolute Gasteiger partial charge is 0.490 e. The Morgan fingerprint density at radius 3 is 2.62 bits per heavy atom. The molecule has 5 nitrogen and oxygen atoms in total. The third-order valence-electron chi connectivity index (χ3n) is 3.70. The summed E-state index contributed by atoms with van der Waals surface area (Å²) in [5.74, 6) is 0.902. The van der Waals surface area contributed by atoms with Gasteiger partial charge in [-0.25, -0.2) is 0 Å². The first-order chi connectivity index (χ1) is 11.2. The SMILES string of the molecule is CCCOc1c(Cl)cc(C(=O)NC2CCNCC2)cc1OCC.Cl. The molecule has 1 aromatic rings. The van der Waals surface area contributed by atoms with E-state index in [2.05, 4.69) is 10.6 Å². The van der Waals surface area contributed by atoms with Crippen LogP contribution in [0.15, 0.2) is 12.1 Å². The summed E-state index contributed by atoms with van der Waals surface area (Å²) < 4.78 is 11.3. The summed E-state index contributed by atoms with van der Waals surface area (Å²) in [5, 5.41) is 6.74. The zero-order valence-corrected chi connectivity index (χ0v) is 15.8. The van der Waals surface area contributed by atoms with Gasteiger partial charge < -0.3 is 20.1 Å². The third-order valence-corrected chi connectivity index (χ3v) is 3.98. The van der Waals surface area contributed by atoms with E-state index in [9.17, 15) is 4.79 Å². The molecule has 136 valence electrons. The van der Waals surface area contributed by atoms with Crippen molar-refractivity contribution in [3.05, 3.63) is 22.7 Å². The second kappa shape index (κ2) is 10.6. The van der Waals surface area contributed by atoms with E-state index in [1.54, 1.807) is 12.1 Å². The summed E-state index contributed by atoms with van der Waals surface area (Å²) in [6.45, 7) is 6.81. The fraction of sp³-hybridized carbons (Fsp3) is 0.588. The summed E-state index contributed by atoms with van der Waals surface area (Å²) in [4.78, 5) is 12.5. The van der Waals surface area contributed by atoms with Gasteiger partial charge in [0.15, 0.2) is 11.5 Å². The number of carbonyl (C=O) groups excluding carboxylic acids is 1. The van der Waals surface area contributed by atoms with Crippen molar-refractivity contribution in [2.75, 3.05) is 26.3 Å². The van der Waals surface area contributed by atoms with Crippen LogP contribution < -0.4 is 20.1 Å². The summed E-state index contributed by atoms with van der Waals surface area (Å²) in [5.41, 5.74) is 0.501. The van der Waals surface area contributed by atoms with Gasteiger partial charge >= 0.3 is 0 Å². The Kier molecular flexibility index (Phi) is 9.26. The maximum absolute atomic E-state index is 12.5. The normalized spacial score (nSPS) is 14.6. The molecule has 2 rings (SSSR count). The van der Waals surface area contributed by atoms with Crippen LogP contribution in [0.4, 0.5) is 0 Å². The molecule has 0 atom stereocenters. The zero-order chi connectivity index (χ0) is 16.7. The highest BCUT2D eigenvalue weighted by molar-refractivity contribution is 6.32. The molecule has 0 bridgehead atoms. The lowest BCUT2D eigenvalue weighted by Crippen LogP contribution is -2.42. The Hall–Kier alpha value is -1.17. The van der Waals surface area contributed by atoms with Crippen molar-refractivity contribution in [3.8, 4) is 11.5 Å². The van der Waals surface area contributed by atoms with Crippen LogP contribution in [0.3, 0.4) is 0 Å². The number of hydrogen-bond acceptors (Lipinski definition) is 4. The molecule has 7 heteroatoms. The molecule has 0 aromatic heterocycles. The van der Waals surface area contributed by atoms with E-state index >= 15 is 0 Å². The first kappa shape index (κ1) is 20.9. The number of ether oxygens (including phenoxy) is 2. The van der Waals surface area contributed by atoms with E-state index in [0.717, 1.165) is 32.4 Å². The average Bonchev–Trinajstić information content (AvgIpc) is 2.55. The minimum atomic E-state index is -0.123. The highest BCUT2D eigenvalue weighted by atomic mass is 35.5. The number of nitrogens with one attached hydrogen (secondary N) is 2. The Labute approximate surface area is 154 Å². The topological polar surface area (TPSA) is 59.6 Å². The Balaban J connectivity index is 0.00000288. The van der Waals surface area contributed by atoms with Gasteiger partial charge in [0, 0.05) is 11.6 Å². The standard InChI is InChI=1S/C17H25ClN2O3.ClH/c1-3-9-23-16-14(18)10-12(11-15(16)22-4-2)17(21)20-13-5-7-19-8-6-13;/h10-11,13,19H,3-9H2,1-2H3,(H,20,21);1H. The number of carbonyl (C=O) groups is 1. The first-order valence-corrected chi connectivity index (χ1v) is 8.64. The number of amides is 1. The fourth-order valence-corrected chi connectivity index (χ4v) is 2.81. The van der Waals surface area contributed by atoms with Gasteiger partial charge in [-0.15, -0.1) is 12.4 Å². The summed E-state index contributed by atoms with van der Waals surface area (Å²) >= 11 is 6.30. The van der Waals surface area contributed by atoms with Crippen molar-refractivity contribution < 1.29 is 14.3 Å². The lowest BCUT2D eigenvalue weighted by Gasteiger charge is -2.24. The van der Waals surface area contributed by atoms with Gasteiger partial charge in [0.2, 0.25) is 0 Å². The molecule has 1 aliphatic rings. The second-order valence-electron chi connectivity index (χ2n) is 5.56. The highest BCUT2D eigenvalue weighted by Gasteiger charge is 2.20. The van der Waals surface area contributed by atoms with Crippen molar-refractivity contribution >= 4 is 29.9 Å². The van der Waals surface area contributed by atoms with Gasteiger partial charge in [0.25, 0.3) is 5.91 Å². The molecule has 2 N–H and O–H groups in total.